The summed E-state index contributed by atoms with van der Waals surface area (Å²) in [5, 5.41) is 0.755. The zero-order chi connectivity index (χ0) is 13.3. The van der Waals surface area contributed by atoms with Crippen molar-refractivity contribution in [1.82, 2.24) is 4.90 Å². The average Bonchev–Trinajstić information content (AvgIpc) is 2.81. The number of nitrogens with zero attached hydrogens (tertiary/aromatic N) is 2. The molecular formula is C14H20ClN3. The maximum atomic E-state index is 6.55. The summed E-state index contributed by atoms with van der Waals surface area (Å²) >= 11 is 6.19. The molecule has 0 amide bonds. The molecule has 0 aromatic heterocycles. The van der Waals surface area contributed by atoms with Gasteiger partial charge in [0, 0.05) is 18.1 Å². The number of halogens is 1. The minimum absolute atomic E-state index is 0.582. The molecule has 0 radical (unpaired) electrons. The third kappa shape index (κ3) is 2.13. The third-order valence-corrected chi connectivity index (χ3v) is 4.01. The number of aliphatic imine (C=N–C) groups is 1. The molecule has 98 valence electrons. The number of hydrogen-bond donors (Lipinski definition) is 1. The lowest BCUT2D eigenvalue weighted by molar-refractivity contribution is 0.442. The highest BCUT2D eigenvalue weighted by Gasteiger charge is 2.35. The molecule has 2 N–H and O–H groups in total. The normalized spacial score (nSPS) is 18.7. The predicted octanol–water partition coefficient (Wildman–Crippen LogP) is 2.56. The molecule has 3 nitrogen and oxygen atoms in total. The van der Waals surface area contributed by atoms with E-state index in [1.807, 2.05) is 32.0 Å². The fraction of sp³-hybridized carbons (Fsp3) is 0.500. The summed E-state index contributed by atoms with van der Waals surface area (Å²) in [5.41, 5.74) is 8.05. The Morgan fingerprint density at radius 1 is 1.50 bits per heavy atom. The molecule has 1 aromatic rings. The van der Waals surface area contributed by atoms with Crippen molar-refractivity contribution in [2.24, 2.45) is 10.7 Å². The molecule has 4 heteroatoms. The highest BCUT2D eigenvalue weighted by Crippen LogP contribution is 2.30. The van der Waals surface area contributed by atoms with Gasteiger partial charge in [0.2, 0.25) is 0 Å². The molecule has 0 aliphatic carbocycles. The highest BCUT2D eigenvalue weighted by atomic mass is 35.5. The van der Waals surface area contributed by atoms with E-state index in [1.165, 1.54) is 0 Å². The van der Waals surface area contributed by atoms with E-state index in [9.17, 15) is 0 Å². The van der Waals surface area contributed by atoms with Crippen molar-refractivity contribution in [1.29, 1.82) is 0 Å². The Kier molecular flexibility index (Phi) is 3.64. The van der Waals surface area contributed by atoms with Gasteiger partial charge in [-0.05, 0) is 38.0 Å². The van der Waals surface area contributed by atoms with Crippen LogP contribution in [0.3, 0.4) is 0 Å². The smallest absolute Gasteiger partial charge is 0.124 e. The Balaban J connectivity index is 2.45. The number of amidine groups is 1. The van der Waals surface area contributed by atoms with Crippen LogP contribution in [0, 0.1) is 6.92 Å². The second kappa shape index (κ2) is 4.90. The van der Waals surface area contributed by atoms with Crippen molar-refractivity contribution < 1.29 is 0 Å². The second-order valence-corrected chi connectivity index (χ2v) is 5.31. The number of nitrogens with two attached hydrogens (primary N) is 1. The molecule has 0 saturated heterocycles. The molecule has 0 spiro atoms. The van der Waals surface area contributed by atoms with Crippen molar-refractivity contribution >= 4 is 17.4 Å². The summed E-state index contributed by atoms with van der Waals surface area (Å²) in [4.78, 5) is 6.82. The molecule has 1 aliphatic heterocycles. The summed E-state index contributed by atoms with van der Waals surface area (Å²) < 4.78 is 0. The van der Waals surface area contributed by atoms with Gasteiger partial charge in [0.05, 0.1) is 12.1 Å². The number of rotatable bonds is 3. The van der Waals surface area contributed by atoms with E-state index in [-0.39, 0.29) is 0 Å². The highest BCUT2D eigenvalue weighted by molar-refractivity contribution is 6.31. The first kappa shape index (κ1) is 13.4. The number of benzene rings is 1. The summed E-state index contributed by atoms with van der Waals surface area (Å²) in [6.07, 6.45) is 0. The number of hydrogen-bond acceptors (Lipinski definition) is 3. The van der Waals surface area contributed by atoms with E-state index in [0.29, 0.717) is 0 Å². The van der Waals surface area contributed by atoms with E-state index in [4.69, 9.17) is 17.3 Å². The van der Waals surface area contributed by atoms with Gasteiger partial charge in [-0.3, -0.25) is 4.99 Å². The van der Waals surface area contributed by atoms with Gasteiger partial charge in [0.15, 0.2) is 0 Å². The summed E-state index contributed by atoms with van der Waals surface area (Å²) in [5.74, 6) is 0.968. The average molecular weight is 266 g/mol. The van der Waals surface area contributed by atoms with Crippen molar-refractivity contribution in [2.75, 3.05) is 19.6 Å². The van der Waals surface area contributed by atoms with Crippen LogP contribution in [0.1, 0.15) is 25.0 Å². The Labute approximate surface area is 114 Å². The van der Waals surface area contributed by atoms with Crippen LogP contribution in [0.15, 0.2) is 23.2 Å². The Morgan fingerprint density at radius 2 is 2.22 bits per heavy atom. The van der Waals surface area contributed by atoms with Gasteiger partial charge in [0.1, 0.15) is 5.84 Å². The predicted molar refractivity (Wildman–Crippen MR) is 77.3 cm³/mol. The van der Waals surface area contributed by atoms with Gasteiger partial charge in [-0.15, -0.1) is 0 Å². The van der Waals surface area contributed by atoms with Crippen LogP contribution >= 0.6 is 11.6 Å². The van der Waals surface area contributed by atoms with Gasteiger partial charge >= 0.3 is 0 Å². The van der Waals surface area contributed by atoms with Crippen LogP contribution < -0.4 is 5.73 Å². The minimum Gasteiger partial charge on any atom is -0.357 e. The molecule has 1 atom stereocenters. The largest absolute Gasteiger partial charge is 0.357 e. The SMILES string of the molecule is CCN1CCN=C1C(C)(N)c1cccc(Cl)c1C. The topological polar surface area (TPSA) is 41.6 Å². The molecular weight excluding hydrogens is 246 g/mol. The molecule has 1 unspecified atom stereocenters. The van der Waals surface area contributed by atoms with E-state index < -0.39 is 5.54 Å². The van der Waals surface area contributed by atoms with Crippen molar-refractivity contribution in [3.05, 3.63) is 34.3 Å². The molecule has 18 heavy (non-hydrogen) atoms. The van der Waals surface area contributed by atoms with E-state index >= 15 is 0 Å². The van der Waals surface area contributed by atoms with Crippen LogP contribution in [-0.4, -0.2) is 30.4 Å². The van der Waals surface area contributed by atoms with Crippen LogP contribution in [0.2, 0.25) is 5.02 Å². The standard InChI is InChI=1S/C14H20ClN3/c1-4-18-9-8-17-13(18)14(3,16)11-6-5-7-12(15)10(11)2/h5-7H,4,8-9,16H2,1-3H3. The molecule has 1 heterocycles. The third-order valence-electron chi connectivity index (χ3n) is 3.60. The second-order valence-electron chi connectivity index (χ2n) is 4.90. The fourth-order valence-electron chi connectivity index (χ4n) is 2.57. The van der Waals surface area contributed by atoms with Crippen LogP contribution in [-0.2, 0) is 5.54 Å². The molecule has 1 aromatic carbocycles. The first-order valence-corrected chi connectivity index (χ1v) is 6.70. The van der Waals surface area contributed by atoms with Crippen molar-refractivity contribution in [3.63, 3.8) is 0 Å². The monoisotopic (exact) mass is 265 g/mol. The Morgan fingerprint density at radius 3 is 2.89 bits per heavy atom. The van der Waals surface area contributed by atoms with E-state index in [1.54, 1.807) is 0 Å². The van der Waals surface area contributed by atoms with Crippen molar-refractivity contribution in [2.45, 2.75) is 26.3 Å². The molecule has 1 aliphatic rings. The Bertz CT molecular complexity index is 480. The quantitative estimate of drug-likeness (QED) is 0.913. The van der Waals surface area contributed by atoms with Gasteiger partial charge in [-0.2, -0.15) is 0 Å². The van der Waals surface area contributed by atoms with Gasteiger partial charge in [-0.1, -0.05) is 23.7 Å². The molecule has 0 fully saturated rings. The van der Waals surface area contributed by atoms with Gasteiger partial charge in [0.25, 0.3) is 0 Å². The van der Waals surface area contributed by atoms with Crippen LogP contribution in [0.4, 0.5) is 0 Å². The number of likely N-dealkylation sites (N-methyl/N-ethyl adjacent to an activating group) is 1. The van der Waals surface area contributed by atoms with Crippen LogP contribution in [0.25, 0.3) is 0 Å². The maximum Gasteiger partial charge on any atom is 0.124 e. The molecule has 0 saturated carbocycles. The maximum absolute atomic E-state index is 6.55. The Hall–Kier alpha value is -1.06. The first-order valence-electron chi connectivity index (χ1n) is 6.32. The van der Waals surface area contributed by atoms with E-state index in [2.05, 4.69) is 16.8 Å². The summed E-state index contributed by atoms with van der Waals surface area (Å²) in [6.45, 7) is 8.87. The zero-order valence-corrected chi connectivity index (χ0v) is 12.0. The lowest BCUT2D eigenvalue weighted by Crippen LogP contribution is -2.49. The first-order chi connectivity index (χ1) is 8.48. The van der Waals surface area contributed by atoms with Gasteiger partial charge in [-0.25, -0.2) is 0 Å². The summed E-state index contributed by atoms with van der Waals surface area (Å²) in [6, 6.07) is 5.88. The lowest BCUT2D eigenvalue weighted by Gasteiger charge is -2.33. The lowest BCUT2D eigenvalue weighted by atomic mass is 9.88. The minimum atomic E-state index is -0.582. The van der Waals surface area contributed by atoms with Gasteiger partial charge < -0.3 is 10.6 Å². The summed E-state index contributed by atoms with van der Waals surface area (Å²) in [7, 11) is 0. The fourth-order valence-corrected chi connectivity index (χ4v) is 2.75. The zero-order valence-electron chi connectivity index (χ0n) is 11.2. The van der Waals surface area contributed by atoms with Crippen molar-refractivity contribution in [3.8, 4) is 0 Å². The van der Waals surface area contributed by atoms with Crippen LogP contribution in [0.5, 0.6) is 0 Å². The molecule has 2 rings (SSSR count). The van der Waals surface area contributed by atoms with E-state index in [0.717, 1.165) is 41.6 Å². The molecule has 0 bridgehead atoms.